The van der Waals surface area contributed by atoms with Crippen LogP contribution in [0.25, 0.3) is 0 Å². The normalized spacial score (nSPS) is 11.6. The number of aliphatic carboxylic acids is 1. The number of phenols is 1. The molecule has 0 aliphatic carbocycles. The summed E-state index contributed by atoms with van der Waals surface area (Å²) in [6.07, 6.45) is -0.847. The van der Waals surface area contributed by atoms with Crippen LogP contribution >= 0.6 is 0 Å². The molecule has 7 heteroatoms. The predicted molar refractivity (Wildman–Crippen MR) is 88.9 cm³/mol. The van der Waals surface area contributed by atoms with Gasteiger partial charge in [0.05, 0.1) is 6.61 Å². The maximum atomic E-state index is 11.8. The lowest BCUT2D eigenvalue weighted by Gasteiger charge is -2.15. The van der Waals surface area contributed by atoms with Gasteiger partial charge in [-0.05, 0) is 23.3 Å². The number of aromatic hydroxyl groups is 1. The van der Waals surface area contributed by atoms with Crippen molar-refractivity contribution in [2.24, 2.45) is 0 Å². The molecule has 2 rings (SSSR count). The van der Waals surface area contributed by atoms with Crippen molar-refractivity contribution in [1.29, 1.82) is 0 Å². The highest BCUT2D eigenvalue weighted by atomic mass is 16.5. The van der Waals surface area contributed by atoms with Gasteiger partial charge in [0.1, 0.15) is 18.4 Å². The van der Waals surface area contributed by atoms with Crippen LogP contribution in [0.4, 0.5) is 4.79 Å². The van der Waals surface area contributed by atoms with E-state index in [4.69, 9.17) is 9.84 Å². The molecule has 25 heavy (non-hydrogen) atoms. The summed E-state index contributed by atoms with van der Waals surface area (Å²) in [5.74, 6) is -1.29. The van der Waals surface area contributed by atoms with Crippen molar-refractivity contribution in [3.05, 3.63) is 65.2 Å². The Balaban J connectivity index is 1.96. The minimum Gasteiger partial charge on any atom is -0.508 e. The quantitative estimate of drug-likeness (QED) is 0.608. The molecule has 0 saturated carbocycles. The highest BCUT2D eigenvalue weighted by Gasteiger charge is 2.21. The topological polar surface area (TPSA) is 116 Å². The molecule has 2 aromatic carbocycles. The Hall–Kier alpha value is -3.06. The van der Waals surface area contributed by atoms with E-state index in [9.17, 15) is 19.8 Å². The number of carboxylic acids is 1. The first-order chi connectivity index (χ1) is 12.0. The molecule has 132 valence electrons. The summed E-state index contributed by atoms with van der Waals surface area (Å²) in [5, 5.41) is 30.3. The van der Waals surface area contributed by atoms with E-state index in [0.29, 0.717) is 5.56 Å². The number of hydrogen-bond donors (Lipinski definition) is 4. The van der Waals surface area contributed by atoms with Crippen molar-refractivity contribution >= 4 is 12.1 Å². The Labute approximate surface area is 144 Å². The second-order valence-corrected chi connectivity index (χ2v) is 5.42. The number of carbonyl (C=O) groups excluding carboxylic acids is 1. The Morgan fingerprint density at radius 1 is 1.08 bits per heavy atom. The Morgan fingerprint density at radius 3 is 2.44 bits per heavy atom. The molecule has 1 amide bonds. The van der Waals surface area contributed by atoms with E-state index in [1.165, 1.54) is 18.2 Å². The number of nitrogens with one attached hydrogen (secondary N) is 1. The Kier molecular flexibility index (Phi) is 6.36. The minimum absolute atomic E-state index is 0.0109. The van der Waals surface area contributed by atoms with E-state index in [1.807, 2.05) is 6.07 Å². The second-order valence-electron chi connectivity index (χ2n) is 5.42. The SMILES string of the molecule is O=C(N[C@@H](Cc1ccc(O)c(CO)c1)C(=O)O)OCc1ccccc1. The third-order valence-corrected chi connectivity index (χ3v) is 3.56. The summed E-state index contributed by atoms with van der Waals surface area (Å²) >= 11 is 0. The van der Waals surface area contributed by atoms with Gasteiger partial charge in [0.15, 0.2) is 0 Å². The molecular formula is C18H19NO6. The van der Waals surface area contributed by atoms with Gasteiger partial charge in [-0.1, -0.05) is 36.4 Å². The van der Waals surface area contributed by atoms with Gasteiger partial charge < -0.3 is 25.4 Å². The number of carbonyl (C=O) groups is 2. The largest absolute Gasteiger partial charge is 0.508 e. The highest BCUT2D eigenvalue weighted by molar-refractivity contribution is 5.80. The molecule has 0 saturated heterocycles. The van der Waals surface area contributed by atoms with Crippen molar-refractivity contribution in [3.8, 4) is 5.75 Å². The van der Waals surface area contributed by atoms with Gasteiger partial charge >= 0.3 is 12.1 Å². The Bertz CT molecular complexity index is 732. The average molecular weight is 345 g/mol. The Morgan fingerprint density at radius 2 is 1.80 bits per heavy atom. The van der Waals surface area contributed by atoms with Gasteiger partial charge in [-0.15, -0.1) is 0 Å². The van der Waals surface area contributed by atoms with Gasteiger partial charge in [-0.2, -0.15) is 0 Å². The fraction of sp³-hybridized carbons (Fsp3) is 0.222. The van der Waals surface area contributed by atoms with E-state index in [1.54, 1.807) is 24.3 Å². The van der Waals surface area contributed by atoms with Gasteiger partial charge in [0.2, 0.25) is 0 Å². The molecule has 0 aliphatic heterocycles. The number of amides is 1. The smallest absolute Gasteiger partial charge is 0.408 e. The minimum atomic E-state index is -1.21. The molecular weight excluding hydrogens is 326 g/mol. The number of alkyl carbamates (subject to hydrolysis) is 1. The lowest BCUT2D eigenvalue weighted by Crippen LogP contribution is -2.42. The zero-order chi connectivity index (χ0) is 18.2. The summed E-state index contributed by atoms with van der Waals surface area (Å²) in [5.41, 5.74) is 1.63. The summed E-state index contributed by atoms with van der Waals surface area (Å²) in [4.78, 5) is 23.2. The van der Waals surface area contributed by atoms with Gasteiger partial charge in [-0.25, -0.2) is 9.59 Å². The molecule has 2 aromatic rings. The van der Waals surface area contributed by atoms with Crippen molar-refractivity contribution < 1.29 is 29.6 Å². The van der Waals surface area contributed by atoms with Crippen molar-refractivity contribution in [2.75, 3.05) is 0 Å². The van der Waals surface area contributed by atoms with E-state index in [-0.39, 0.29) is 30.9 Å². The second kappa shape index (κ2) is 8.70. The first kappa shape index (κ1) is 18.3. The maximum Gasteiger partial charge on any atom is 0.408 e. The maximum absolute atomic E-state index is 11.8. The van der Waals surface area contributed by atoms with E-state index in [2.05, 4.69) is 5.32 Å². The molecule has 0 fully saturated rings. The summed E-state index contributed by atoms with van der Waals surface area (Å²) in [6.45, 7) is -0.336. The van der Waals surface area contributed by atoms with Crippen LogP contribution in [0.2, 0.25) is 0 Å². The zero-order valence-electron chi connectivity index (χ0n) is 13.4. The fourth-order valence-corrected chi connectivity index (χ4v) is 2.24. The lowest BCUT2D eigenvalue weighted by atomic mass is 10.0. The molecule has 0 aromatic heterocycles. The van der Waals surface area contributed by atoms with E-state index >= 15 is 0 Å². The summed E-state index contributed by atoms with van der Waals surface area (Å²) in [6, 6.07) is 12.2. The molecule has 1 atom stereocenters. The van der Waals surface area contributed by atoms with Crippen LogP contribution in [0, 0.1) is 0 Å². The van der Waals surface area contributed by atoms with Crippen LogP contribution in [0.3, 0.4) is 0 Å². The highest BCUT2D eigenvalue weighted by Crippen LogP contribution is 2.19. The fourth-order valence-electron chi connectivity index (χ4n) is 2.24. The molecule has 0 heterocycles. The zero-order valence-corrected chi connectivity index (χ0v) is 13.4. The molecule has 0 radical (unpaired) electrons. The van der Waals surface area contributed by atoms with E-state index < -0.39 is 18.1 Å². The summed E-state index contributed by atoms with van der Waals surface area (Å²) < 4.78 is 5.02. The van der Waals surface area contributed by atoms with Crippen molar-refractivity contribution in [2.45, 2.75) is 25.7 Å². The first-order valence-electron chi connectivity index (χ1n) is 7.61. The van der Waals surface area contributed by atoms with Crippen LogP contribution in [0.15, 0.2) is 48.5 Å². The molecule has 0 unspecified atom stereocenters. The van der Waals surface area contributed by atoms with Gasteiger partial charge in [0, 0.05) is 12.0 Å². The predicted octanol–water partition coefficient (Wildman–Crippen LogP) is 1.81. The number of hydrogen-bond acceptors (Lipinski definition) is 5. The van der Waals surface area contributed by atoms with Crippen LogP contribution in [-0.4, -0.2) is 33.4 Å². The number of benzene rings is 2. The number of ether oxygens (including phenoxy) is 1. The molecule has 0 aliphatic rings. The van der Waals surface area contributed by atoms with Gasteiger partial charge in [0.25, 0.3) is 0 Å². The van der Waals surface area contributed by atoms with Crippen LogP contribution in [0.5, 0.6) is 5.75 Å². The number of aliphatic hydroxyl groups is 1. The molecule has 0 bridgehead atoms. The van der Waals surface area contributed by atoms with Crippen molar-refractivity contribution in [3.63, 3.8) is 0 Å². The number of carboxylic acid groups (broad SMARTS) is 1. The third-order valence-electron chi connectivity index (χ3n) is 3.56. The van der Waals surface area contributed by atoms with Gasteiger partial charge in [-0.3, -0.25) is 0 Å². The van der Waals surface area contributed by atoms with E-state index in [0.717, 1.165) is 5.56 Å². The van der Waals surface area contributed by atoms with Crippen LogP contribution in [0.1, 0.15) is 16.7 Å². The van der Waals surface area contributed by atoms with Crippen molar-refractivity contribution in [1.82, 2.24) is 5.32 Å². The monoisotopic (exact) mass is 345 g/mol. The first-order valence-corrected chi connectivity index (χ1v) is 7.61. The average Bonchev–Trinajstić information content (AvgIpc) is 2.61. The lowest BCUT2D eigenvalue weighted by molar-refractivity contribution is -0.139. The molecule has 0 spiro atoms. The van der Waals surface area contributed by atoms with Crippen LogP contribution < -0.4 is 5.32 Å². The summed E-state index contributed by atoms with van der Waals surface area (Å²) in [7, 11) is 0. The standard InChI is InChI=1S/C18H19NO6/c20-10-14-8-13(6-7-16(14)21)9-15(17(22)23)19-18(24)25-11-12-4-2-1-3-5-12/h1-8,15,20-21H,9-11H2,(H,19,24)(H,22,23)/t15-/m0/s1. The molecule has 4 N–H and O–H groups in total. The number of rotatable bonds is 7. The van der Waals surface area contributed by atoms with Crippen LogP contribution in [-0.2, 0) is 29.2 Å². The third kappa shape index (κ3) is 5.50. The number of aliphatic hydroxyl groups excluding tert-OH is 1. The molecule has 7 nitrogen and oxygen atoms in total.